The third-order valence-electron chi connectivity index (χ3n) is 12.5. The summed E-state index contributed by atoms with van der Waals surface area (Å²) in [5, 5.41) is 4.96. The topological polar surface area (TPSA) is 13.1 Å². The van der Waals surface area contributed by atoms with Crippen molar-refractivity contribution in [2.24, 2.45) is 0 Å². The molecule has 0 unspecified atom stereocenters. The summed E-state index contributed by atoms with van der Waals surface area (Å²) in [6, 6.07) is 89.9. The van der Waals surface area contributed by atoms with Crippen LogP contribution in [0, 0.1) is 0 Å². The lowest BCUT2D eigenvalue weighted by atomic mass is 10.0. The van der Waals surface area contributed by atoms with Gasteiger partial charge in [-0.2, -0.15) is 0 Å². The van der Waals surface area contributed by atoms with E-state index in [9.17, 15) is 0 Å². The lowest BCUT2D eigenvalue weighted by Gasteiger charge is -2.26. The third kappa shape index (κ3) is 6.29. The van der Waals surface area contributed by atoms with Gasteiger partial charge in [0.1, 0.15) is 0 Å². The van der Waals surface area contributed by atoms with Crippen LogP contribution in [0.2, 0.25) is 0 Å². The Morgan fingerprint density at radius 2 is 0.651 bits per heavy atom. The molecule has 0 saturated carbocycles. The van der Waals surface area contributed by atoms with Crippen molar-refractivity contribution in [3.63, 3.8) is 0 Å². The lowest BCUT2D eigenvalue weighted by molar-refractivity contribution is 1.17. The van der Waals surface area contributed by atoms with Gasteiger partial charge in [-0.05, 0) is 118 Å². The van der Waals surface area contributed by atoms with Crippen LogP contribution >= 0.6 is 0 Å². The summed E-state index contributed by atoms with van der Waals surface area (Å²) in [6.45, 7) is 0. The molecule has 0 aliphatic rings. The van der Waals surface area contributed by atoms with Gasteiger partial charge in [0.05, 0.1) is 22.1 Å². The molecular weight excluding hydrogens is 763 g/mol. The van der Waals surface area contributed by atoms with Crippen molar-refractivity contribution >= 4 is 60.7 Å². The summed E-state index contributed by atoms with van der Waals surface area (Å²) in [5.41, 5.74) is 17.6. The molecule has 0 radical (unpaired) electrons. The van der Waals surface area contributed by atoms with Crippen LogP contribution < -0.4 is 4.90 Å². The van der Waals surface area contributed by atoms with Crippen molar-refractivity contribution < 1.29 is 0 Å². The highest BCUT2D eigenvalue weighted by atomic mass is 15.1. The minimum atomic E-state index is 1.10. The molecule has 0 atom stereocenters. The molecule has 0 saturated heterocycles. The van der Waals surface area contributed by atoms with E-state index in [2.05, 4.69) is 263 Å². The number of hydrogen-bond donors (Lipinski definition) is 0. The fourth-order valence-electron chi connectivity index (χ4n) is 9.56. The zero-order valence-corrected chi connectivity index (χ0v) is 34.5. The maximum Gasteiger partial charge on any atom is 0.0641 e. The second-order valence-electron chi connectivity index (χ2n) is 16.2. The highest BCUT2D eigenvalue weighted by molar-refractivity contribution is 6.26. The Kier molecular flexibility index (Phi) is 8.83. The zero-order valence-electron chi connectivity index (χ0n) is 34.5. The quantitative estimate of drug-likeness (QED) is 0.149. The van der Waals surface area contributed by atoms with Crippen LogP contribution in [-0.2, 0) is 0 Å². The highest BCUT2D eigenvalue weighted by Gasteiger charge is 2.21. The number of fused-ring (bicyclic) bond motifs is 7. The van der Waals surface area contributed by atoms with E-state index < -0.39 is 0 Å². The summed E-state index contributed by atoms with van der Waals surface area (Å²) in [4.78, 5) is 2.35. The van der Waals surface area contributed by atoms with E-state index in [0.717, 1.165) is 28.4 Å². The minimum Gasteiger partial charge on any atom is -0.311 e. The molecule has 0 amide bonds. The van der Waals surface area contributed by atoms with Crippen molar-refractivity contribution in [1.29, 1.82) is 0 Å². The van der Waals surface area contributed by atoms with Gasteiger partial charge in [0, 0.05) is 50.0 Å². The molecule has 12 rings (SSSR count). The summed E-state index contributed by atoms with van der Waals surface area (Å²) in [7, 11) is 0. The number of benzene rings is 10. The molecule has 3 heteroatoms. The van der Waals surface area contributed by atoms with Crippen LogP contribution in [0.1, 0.15) is 0 Å². The van der Waals surface area contributed by atoms with Crippen LogP contribution in [0.25, 0.3) is 88.4 Å². The summed E-state index contributed by atoms with van der Waals surface area (Å²) >= 11 is 0. The number of aromatic nitrogens is 2. The Morgan fingerprint density at radius 1 is 0.254 bits per heavy atom. The fourth-order valence-corrected chi connectivity index (χ4v) is 9.56. The molecule has 2 aromatic heterocycles. The Bertz CT molecular complexity index is 3470. The Morgan fingerprint density at radius 3 is 1.19 bits per heavy atom. The van der Waals surface area contributed by atoms with E-state index in [1.165, 1.54) is 77.0 Å². The summed E-state index contributed by atoms with van der Waals surface area (Å²) < 4.78 is 4.87. The molecule has 12 aromatic rings. The first-order valence-corrected chi connectivity index (χ1v) is 21.6. The van der Waals surface area contributed by atoms with Gasteiger partial charge in [0.15, 0.2) is 0 Å². The fraction of sp³-hybridized carbons (Fsp3) is 0. The normalized spacial score (nSPS) is 11.5. The first-order chi connectivity index (χ1) is 31.3. The van der Waals surface area contributed by atoms with Gasteiger partial charge >= 0.3 is 0 Å². The number of anilines is 3. The number of para-hydroxylation sites is 3. The number of nitrogens with zero attached hydrogens (tertiary/aromatic N) is 3. The molecule has 10 aromatic carbocycles. The van der Waals surface area contributed by atoms with Crippen LogP contribution in [0.5, 0.6) is 0 Å². The largest absolute Gasteiger partial charge is 0.311 e. The maximum atomic E-state index is 2.46. The zero-order chi connectivity index (χ0) is 41.7. The van der Waals surface area contributed by atoms with Gasteiger partial charge in [0.25, 0.3) is 0 Å². The summed E-state index contributed by atoms with van der Waals surface area (Å²) in [5.74, 6) is 0. The molecule has 63 heavy (non-hydrogen) atoms. The molecule has 296 valence electrons. The van der Waals surface area contributed by atoms with Crippen LogP contribution in [-0.4, -0.2) is 9.13 Å². The molecule has 2 heterocycles. The molecular formula is C60H41N3. The van der Waals surface area contributed by atoms with Gasteiger partial charge in [-0.1, -0.05) is 164 Å². The van der Waals surface area contributed by atoms with Crippen LogP contribution in [0.4, 0.5) is 17.1 Å². The van der Waals surface area contributed by atoms with Crippen LogP contribution in [0.15, 0.2) is 249 Å². The van der Waals surface area contributed by atoms with Gasteiger partial charge in [-0.3, -0.25) is 0 Å². The SMILES string of the molecule is c1ccc(-c2ccc(N(c3ccc(-c4ccccc4)cc3)c3ccc(-c4ccc5c(c4)c4ccc6c(c7ccccc7n6-c6ccccc6)c4n5-c4ccccc4)cc3)cc2)cc1. The second kappa shape index (κ2) is 15.3. The Hall–Kier alpha value is -8.40. The van der Waals surface area contributed by atoms with Crippen molar-refractivity contribution in [3.8, 4) is 44.8 Å². The van der Waals surface area contributed by atoms with E-state index in [0.29, 0.717) is 0 Å². The van der Waals surface area contributed by atoms with E-state index in [-0.39, 0.29) is 0 Å². The molecule has 0 bridgehead atoms. The lowest BCUT2D eigenvalue weighted by Crippen LogP contribution is -2.09. The molecule has 0 spiro atoms. The first-order valence-electron chi connectivity index (χ1n) is 21.6. The van der Waals surface area contributed by atoms with Crippen LogP contribution in [0.3, 0.4) is 0 Å². The monoisotopic (exact) mass is 803 g/mol. The average molecular weight is 804 g/mol. The van der Waals surface area contributed by atoms with Gasteiger partial charge in [-0.15, -0.1) is 0 Å². The van der Waals surface area contributed by atoms with Crippen molar-refractivity contribution in [1.82, 2.24) is 9.13 Å². The molecule has 3 nitrogen and oxygen atoms in total. The van der Waals surface area contributed by atoms with Gasteiger partial charge < -0.3 is 14.0 Å². The van der Waals surface area contributed by atoms with E-state index in [1.807, 2.05) is 0 Å². The number of hydrogen-bond acceptors (Lipinski definition) is 1. The predicted octanol–water partition coefficient (Wildman–Crippen LogP) is 16.4. The smallest absolute Gasteiger partial charge is 0.0641 e. The molecule has 0 N–H and O–H groups in total. The van der Waals surface area contributed by atoms with E-state index in [1.54, 1.807) is 0 Å². The van der Waals surface area contributed by atoms with Gasteiger partial charge in [0.2, 0.25) is 0 Å². The second-order valence-corrected chi connectivity index (χ2v) is 16.2. The first kappa shape index (κ1) is 36.5. The van der Waals surface area contributed by atoms with Crippen molar-refractivity contribution in [3.05, 3.63) is 249 Å². The molecule has 0 fully saturated rings. The summed E-state index contributed by atoms with van der Waals surface area (Å²) in [6.07, 6.45) is 0. The van der Waals surface area contributed by atoms with Crippen molar-refractivity contribution in [2.45, 2.75) is 0 Å². The number of rotatable bonds is 8. The molecule has 0 aliphatic carbocycles. The van der Waals surface area contributed by atoms with E-state index in [4.69, 9.17) is 0 Å². The predicted molar refractivity (Wildman–Crippen MR) is 266 cm³/mol. The third-order valence-corrected chi connectivity index (χ3v) is 12.5. The minimum absolute atomic E-state index is 1.10. The van der Waals surface area contributed by atoms with Crippen molar-refractivity contribution in [2.75, 3.05) is 4.90 Å². The Labute approximate surface area is 366 Å². The Balaban J connectivity index is 0.986. The average Bonchev–Trinajstić information content (AvgIpc) is 3.88. The maximum absolute atomic E-state index is 2.46. The highest BCUT2D eigenvalue weighted by Crippen LogP contribution is 2.44. The van der Waals surface area contributed by atoms with Gasteiger partial charge in [-0.25, -0.2) is 0 Å². The van der Waals surface area contributed by atoms with E-state index >= 15 is 0 Å². The molecule has 0 aliphatic heterocycles. The standard InChI is InChI=1S/C60H41N3/c1-5-15-42(16-6-1)44-25-32-50(33-26-44)61(51-34-27-45(28-35-51)43-17-7-2-8-18-43)52-36-29-46(30-37-52)47-31-39-57-55(41-47)53-38-40-58-59(60(53)63(57)49-21-11-4-12-22-49)54-23-13-14-24-56(54)62(58)48-19-9-3-10-20-48/h1-41H.